The summed E-state index contributed by atoms with van der Waals surface area (Å²) < 4.78 is 20.1. The standard InChI is InChI=1S/C21H21ClFN5O4.H2S/c1-21(29,13-27-11-18(28(30)31)25-20(27)22)12-26-9-8-17-14(10-26)2-7-19(24-17)32-16-5-3-15(23)4-6-16;/h2-7,11,29H,8-10,12-13H2,1H3;1H2/t21-;/m0./s1. The number of aliphatic hydroxyl groups is 1. The molecule has 176 valence electrons. The summed E-state index contributed by atoms with van der Waals surface area (Å²) in [4.78, 5) is 20.6. The van der Waals surface area contributed by atoms with E-state index in [0.29, 0.717) is 37.7 Å². The number of aromatic nitrogens is 3. The number of halogens is 2. The van der Waals surface area contributed by atoms with Crippen LogP contribution in [0.3, 0.4) is 0 Å². The fourth-order valence-electron chi connectivity index (χ4n) is 3.75. The summed E-state index contributed by atoms with van der Waals surface area (Å²) in [5.41, 5.74) is 0.748. The van der Waals surface area contributed by atoms with Crippen molar-refractivity contribution in [2.24, 2.45) is 0 Å². The molecule has 9 nitrogen and oxygen atoms in total. The van der Waals surface area contributed by atoms with Gasteiger partial charge in [0.25, 0.3) is 0 Å². The maximum Gasteiger partial charge on any atom is 0.383 e. The van der Waals surface area contributed by atoms with Crippen LogP contribution in [0.25, 0.3) is 0 Å². The Morgan fingerprint density at radius 1 is 1.24 bits per heavy atom. The number of nitro groups is 1. The van der Waals surface area contributed by atoms with Gasteiger partial charge in [0.15, 0.2) is 0 Å². The van der Waals surface area contributed by atoms with Crippen molar-refractivity contribution in [1.29, 1.82) is 0 Å². The second-order valence-electron chi connectivity index (χ2n) is 8.02. The molecule has 3 aromatic rings. The second-order valence-corrected chi connectivity index (χ2v) is 8.36. The van der Waals surface area contributed by atoms with Gasteiger partial charge in [-0.15, -0.1) is 0 Å². The van der Waals surface area contributed by atoms with Gasteiger partial charge in [-0.05, 0) is 58.3 Å². The van der Waals surface area contributed by atoms with Gasteiger partial charge in [-0.1, -0.05) is 6.07 Å². The lowest BCUT2D eigenvalue weighted by Crippen LogP contribution is -2.45. The van der Waals surface area contributed by atoms with E-state index in [9.17, 15) is 19.6 Å². The van der Waals surface area contributed by atoms with Gasteiger partial charge in [0.05, 0.1) is 17.8 Å². The van der Waals surface area contributed by atoms with Crippen LogP contribution in [0, 0.1) is 15.9 Å². The van der Waals surface area contributed by atoms with Crippen molar-refractivity contribution >= 4 is 30.9 Å². The quantitative estimate of drug-likeness (QED) is 0.393. The van der Waals surface area contributed by atoms with Gasteiger partial charge in [-0.3, -0.25) is 9.47 Å². The molecule has 1 atom stereocenters. The van der Waals surface area contributed by atoms with E-state index in [0.717, 1.165) is 11.3 Å². The molecule has 0 saturated heterocycles. The highest BCUT2D eigenvalue weighted by Gasteiger charge is 2.30. The molecule has 0 aliphatic carbocycles. The molecule has 0 fully saturated rings. The number of ether oxygens (including phenoxy) is 1. The van der Waals surface area contributed by atoms with Gasteiger partial charge in [0, 0.05) is 32.1 Å². The van der Waals surface area contributed by atoms with E-state index in [1.807, 2.05) is 6.07 Å². The molecule has 0 spiro atoms. The number of hydrogen-bond acceptors (Lipinski definition) is 7. The fraction of sp³-hybridized carbons (Fsp3) is 0.333. The molecule has 1 aromatic carbocycles. The zero-order valence-corrected chi connectivity index (χ0v) is 19.5. The highest BCUT2D eigenvalue weighted by Crippen LogP contribution is 2.26. The second kappa shape index (κ2) is 10.0. The van der Waals surface area contributed by atoms with Gasteiger partial charge in [0.2, 0.25) is 5.88 Å². The van der Waals surface area contributed by atoms with Crippen LogP contribution in [0.15, 0.2) is 42.6 Å². The lowest BCUT2D eigenvalue weighted by atomic mass is 10.0. The van der Waals surface area contributed by atoms with Crippen molar-refractivity contribution in [2.45, 2.75) is 32.0 Å². The Labute approximate surface area is 201 Å². The third kappa shape index (κ3) is 6.20. The molecule has 33 heavy (non-hydrogen) atoms. The van der Waals surface area contributed by atoms with E-state index in [1.54, 1.807) is 25.1 Å². The number of nitrogens with zero attached hydrogens (tertiary/aromatic N) is 5. The minimum Gasteiger partial charge on any atom is -0.439 e. The zero-order chi connectivity index (χ0) is 22.9. The number of imidazole rings is 1. The number of β-amino-alcohol motifs (C(OH)–C–C–N with tert-alkyl or cyclic N) is 1. The van der Waals surface area contributed by atoms with E-state index in [1.165, 1.54) is 22.9 Å². The molecule has 0 bridgehead atoms. The summed E-state index contributed by atoms with van der Waals surface area (Å²) in [6, 6.07) is 9.43. The Morgan fingerprint density at radius 3 is 2.64 bits per heavy atom. The van der Waals surface area contributed by atoms with Crippen molar-refractivity contribution in [1.82, 2.24) is 19.4 Å². The first-order valence-electron chi connectivity index (χ1n) is 9.92. The van der Waals surface area contributed by atoms with Gasteiger partial charge >= 0.3 is 11.1 Å². The lowest BCUT2D eigenvalue weighted by molar-refractivity contribution is -0.389. The van der Waals surface area contributed by atoms with E-state index < -0.39 is 10.5 Å². The number of fused-ring (bicyclic) bond motifs is 1. The Kier molecular flexibility index (Phi) is 7.58. The summed E-state index contributed by atoms with van der Waals surface area (Å²) >= 11 is 5.97. The molecule has 12 heteroatoms. The molecule has 0 radical (unpaired) electrons. The molecular formula is C21H23ClFN5O4S. The molecule has 3 heterocycles. The van der Waals surface area contributed by atoms with Crippen LogP contribution in [0.1, 0.15) is 18.2 Å². The van der Waals surface area contributed by atoms with Crippen LogP contribution < -0.4 is 4.74 Å². The van der Waals surface area contributed by atoms with Crippen molar-refractivity contribution < 1.29 is 19.2 Å². The number of benzene rings is 1. The SMILES string of the molecule is C[C@](O)(CN1CCc2nc(Oc3ccc(F)cc3)ccc2C1)Cn1cc([N+](=O)[O-])nc1Cl.S. The highest BCUT2D eigenvalue weighted by molar-refractivity contribution is 7.59. The van der Waals surface area contributed by atoms with Crippen LogP contribution in [-0.2, 0) is 19.5 Å². The predicted octanol–water partition coefficient (Wildman–Crippen LogP) is 3.69. The molecule has 0 amide bonds. The maximum absolute atomic E-state index is 13.0. The molecule has 0 saturated carbocycles. The summed E-state index contributed by atoms with van der Waals surface area (Å²) in [6.07, 6.45) is 1.89. The summed E-state index contributed by atoms with van der Waals surface area (Å²) in [5, 5.41) is 21.7. The predicted molar refractivity (Wildman–Crippen MR) is 125 cm³/mol. The molecular weight excluding hydrogens is 473 g/mol. The first-order valence-corrected chi connectivity index (χ1v) is 10.3. The Hall–Kier alpha value is -2.73. The van der Waals surface area contributed by atoms with Crippen LogP contribution in [0.2, 0.25) is 5.28 Å². The molecule has 1 N–H and O–H groups in total. The molecule has 1 aliphatic rings. The van der Waals surface area contributed by atoms with Crippen LogP contribution >= 0.6 is 25.1 Å². The Morgan fingerprint density at radius 2 is 1.97 bits per heavy atom. The van der Waals surface area contributed by atoms with Gasteiger partial charge in [0.1, 0.15) is 17.8 Å². The highest BCUT2D eigenvalue weighted by atomic mass is 35.5. The number of rotatable bonds is 7. The Balaban J connectivity index is 0.00000306. The molecule has 0 unspecified atom stereocenters. The van der Waals surface area contributed by atoms with E-state index in [-0.39, 0.29) is 37.0 Å². The monoisotopic (exact) mass is 495 g/mol. The van der Waals surface area contributed by atoms with Gasteiger partial charge < -0.3 is 20.0 Å². The first kappa shape index (κ1) is 24.9. The van der Waals surface area contributed by atoms with Crippen molar-refractivity contribution in [2.75, 3.05) is 13.1 Å². The summed E-state index contributed by atoms with van der Waals surface area (Å²) in [6.45, 7) is 3.32. The summed E-state index contributed by atoms with van der Waals surface area (Å²) in [5.74, 6) is 0.251. The van der Waals surface area contributed by atoms with Crippen molar-refractivity contribution in [3.05, 3.63) is 75.1 Å². The topological polar surface area (TPSA) is 107 Å². The maximum atomic E-state index is 13.0. The number of pyridine rings is 1. The smallest absolute Gasteiger partial charge is 0.383 e. The van der Waals surface area contributed by atoms with E-state index in [4.69, 9.17) is 16.3 Å². The summed E-state index contributed by atoms with van der Waals surface area (Å²) in [7, 11) is 0. The average Bonchev–Trinajstić information content (AvgIpc) is 3.09. The average molecular weight is 496 g/mol. The third-order valence-electron chi connectivity index (χ3n) is 5.12. The largest absolute Gasteiger partial charge is 0.439 e. The van der Waals surface area contributed by atoms with E-state index >= 15 is 0 Å². The van der Waals surface area contributed by atoms with Crippen LogP contribution in [-0.4, -0.2) is 48.2 Å². The van der Waals surface area contributed by atoms with E-state index in [2.05, 4.69) is 14.9 Å². The normalized spacial score (nSPS) is 15.3. The van der Waals surface area contributed by atoms with Gasteiger partial charge in [-0.2, -0.15) is 13.5 Å². The Bertz CT molecular complexity index is 1140. The van der Waals surface area contributed by atoms with Gasteiger partial charge in [-0.25, -0.2) is 9.37 Å². The molecule has 4 rings (SSSR count). The minimum atomic E-state index is -1.19. The minimum absolute atomic E-state index is 0. The van der Waals surface area contributed by atoms with Crippen molar-refractivity contribution in [3.63, 3.8) is 0 Å². The lowest BCUT2D eigenvalue weighted by Gasteiger charge is -2.34. The van der Waals surface area contributed by atoms with Crippen LogP contribution in [0.4, 0.5) is 10.2 Å². The molecule has 2 aromatic heterocycles. The first-order chi connectivity index (χ1) is 15.2. The fourth-order valence-corrected chi connectivity index (χ4v) is 3.94. The number of hydrogen-bond donors (Lipinski definition) is 1. The molecule has 1 aliphatic heterocycles. The van der Waals surface area contributed by atoms with Crippen LogP contribution in [0.5, 0.6) is 11.6 Å². The van der Waals surface area contributed by atoms with Crippen molar-refractivity contribution in [3.8, 4) is 11.6 Å². The zero-order valence-electron chi connectivity index (χ0n) is 17.7. The third-order valence-corrected chi connectivity index (χ3v) is 5.42.